The first-order chi connectivity index (χ1) is 30.7. The molecule has 10 aromatic rings. The van der Waals surface area contributed by atoms with Crippen molar-refractivity contribution >= 4 is 69.5 Å². The van der Waals surface area contributed by atoms with Gasteiger partial charge in [-0.3, -0.25) is 4.99 Å². The van der Waals surface area contributed by atoms with Gasteiger partial charge in [0.25, 0.3) is 0 Å². The average molecular weight is 839 g/mol. The Kier molecular flexibility index (Phi) is 12.5. The summed E-state index contributed by atoms with van der Waals surface area (Å²) < 4.78 is 2.61. The maximum Gasteiger partial charge on any atom is 0.0867 e. The third kappa shape index (κ3) is 7.54. The predicted molar refractivity (Wildman–Crippen MR) is 279 cm³/mol. The molecular formula is C60H58N2S. The number of thiophene rings is 1. The van der Waals surface area contributed by atoms with Crippen LogP contribution in [0.5, 0.6) is 0 Å². The largest absolute Gasteiger partial charge is 0.312 e. The van der Waals surface area contributed by atoms with Crippen molar-refractivity contribution in [1.82, 2.24) is 0 Å². The first kappa shape index (κ1) is 43.3. The molecule has 0 amide bonds. The van der Waals surface area contributed by atoms with E-state index in [0.717, 1.165) is 16.8 Å². The Bertz CT molecular complexity index is 3330. The third-order valence-electron chi connectivity index (χ3n) is 12.7. The lowest BCUT2D eigenvalue weighted by Gasteiger charge is -2.24. The minimum atomic E-state index is 0.00886. The summed E-state index contributed by atoms with van der Waals surface area (Å²) in [6, 6.07) is 59.5. The highest BCUT2D eigenvalue weighted by molar-refractivity contribution is 7.25. The number of fused-ring (bicyclic) bond motifs is 10. The van der Waals surface area contributed by atoms with E-state index < -0.39 is 0 Å². The van der Waals surface area contributed by atoms with Gasteiger partial charge < -0.3 is 5.73 Å². The van der Waals surface area contributed by atoms with Gasteiger partial charge in [-0.2, -0.15) is 0 Å². The van der Waals surface area contributed by atoms with E-state index in [-0.39, 0.29) is 12.1 Å². The maximum absolute atomic E-state index is 5.86. The van der Waals surface area contributed by atoms with Gasteiger partial charge in [-0.05, 0) is 127 Å². The zero-order valence-corrected chi connectivity index (χ0v) is 39.0. The van der Waals surface area contributed by atoms with Gasteiger partial charge in [0.15, 0.2) is 0 Å². The first-order valence-electron chi connectivity index (χ1n) is 22.5. The van der Waals surface area contributed by atoms with Crippen molar-refractivity contribution in [3.63, 3.8) is 0 Å². The molecule has 63 heavy (non-hydrogen) atoms. The molecule has 0 aliphatic heterocycles. The molecule has 1 aromatic heterocycles. The number of hydrogen-bond acceptors (Lipinski definition) is 3. The summed E-state index contributed by atoms with van der Waals surface area (Å²) >= 11 is 1.83. The smallest absolute Gasteiger partial charge is 0.0867 e. The Labute approximate surface area is 377 Å². The summed E-state index contributed by atoms with van der Waals surface area (Å²) in [7, 11) is 0. The fourth-order valence-electron chi connectivity index (χ4n) is 9.77. The van der Waals surface area contributed by atoms with Crippen molar-refractivity contribution in [3.05, 3.63) is 203 Å². The summed E-state index contributed by atoms with van der Waals surface area (Å²) in [6.45, 7) is 19.7. The number of nitrogens with zero attached hydrogens (tertiary/aromatic N) is 1. The van der Waals surface area contributed by atoms with Gasteiger partial charge in [-0.25, -0.2) is 0 Å². The molecule has 1 aliphatic rings. The number of hydrogen-bond donors (Lipinski definition) is 1. The van der Waals surface area contributed by atoms with Crippen LogP contribution in [0.15, 0.2) is 169 Å². The number of benzene rings is 9. The molecule has 0 bridgehead atoms. The van der Waals surface area contributed by atoms with Crippen LogP contribution in [0, 0.1) is 20.8 Å². The summed E-state index contributed by atoms with van der Waals surface area (Å²) in [5.41, 5.74) is 21.4. The number of rotatable bonds is 4. The molecule has 9 aromatic carbocycles. The van der Waals surface area contributed by atoms with Crippen LogP contribution in [-0.4, -0.2) is 12.4 Å². The van der Waals surface area contributed by atoms with E-state index in [1.54, 1.807) is 0 Å². The zero-order chi connectivity index (χ0) is 44.4. The molecule has 0 saturated heterocycles. The van der Waals surface area contributed by atoms with Gasteiger partial charge in [-0.1, -0.05) is 181 Å². The fraction of sp³-hybridized carbons (Fsp3) is 0.183. The lowest BCUT2D eigenvalue weighted by molar-refractivity contribution is 0.660. The van der Waals surface area contributed by atoms with E-state index in [1.807, 2.05) is 39.0 Å². The topological polar surface area (TPSA) is 38.4 Å². The van der Waals surface area contributed by atoms with Crippen LogP contribution >= 0.6 is 11.3 Å². The molecule has 0 fully saturated rings. The molecule has 2 N–H and O–H groups in total. The van der Waals surface area contributed by atoms with Gasteiger partial charge in [0.1, 0.15) is 0 Å². The lowest BCUT2D eigenvalue weighted by atomic mass is 9.80. The molecule has 0 atom stereocenters. The van der Waals surface area contributed by atoms with Crippen molar-refractivity contribution in [2.75, 3.05) is 6.67 Å². The molecule has 314 valence electrons. The van der Waals surface area contributed by atoms with Gasteiger partial charge in [0.05, 0.1) is 12.4 Å². The molecule has 0 radical (unpaired) electrons. The summed E-state index contributed by atoms with van der Waals surface area (Å²) in [6.07, 6.45) is 0. The monoisotopic (exact) mass is 838 g/mol. The van der Waals surface area contributed by atoms with Gasteiger partial charge in [0.2, 0.25) is 0 Å². The SMILES string of the molecule is CC.CC.Cc1c(/C(=N\CN)c2ccc3sc4ccccc4c3c2)ccc2ccccc12.Cc1cc2c(cc1-c1c(C)c3ccccc3c3ccccc13)C(C)(C)c1ccccc1-2. The maximum atomic E-state index is 5.86. The van der Waals surface area contributed by atoms with E-state index in [9.17, 15) is 0 Å². The van der Waals surface area contributed by atoms with Crippen molar-refractivity contribution in [2.45, 2.75) is 67.7 Å². The van der Waals surface area contributed by atoms with Crippen LogP contribution in [0.2, 0.25) is 0 Å². The second kappa shape index (κ2) is 18.1. The zero-order valence-electron chi connectivity index (χ0n) is 38.2. The molecule has 1 heterocycles. The van der Waals surface area contributed by atoms with Crippen molar-refractivity contribution in [2.24, 2.45) is 10.7 Å². The van der Waals surface area contributed by atoms with Crippen LogP contribution in [0.1, 0.15) is 80.5 Å². The Morgan fingerprint density at radius 1 is 0.492 bits per heavy atom. The van der Waals surface area contributed by atoms with Gasteiger partial charge in [0, 0.05) is 36.7 Å². The number of aliphatic imine (C=N–C) groups is 1. The van der Waals surface area contributed by atoms with Gasteiger partial charge in [-0.15, -0.1) is 11.3 Å². The molecule has 11 rings (SSSR count). The minimum Gasteiger partial charge on any atom is -0.312 e. The quantitative estimate of drug-likeness (QED) is 0.139. The number of nitrogens with two attached hydrogens (primary N) is 1. The molecule has 0 saturated carbocycles. The van der Waals surface area contributed by atoms with E-state index in [4.69, 9.17) is 10.7 Å². The van der Waals surface area contributed by atoms with E-state index in [1.165, 1.54) is 103 Å². The van der Waals surface area contributed by atoms with Crippen LogP contribution in [0.4, 0.5) is 0 Å². The van der Waals surface area contributed by atoms with E-state index >= 15 is 0 Å². The Morgan fingerprint density at radius 3 is 1.81 bits per heavy atom. The molecule has 0 spiro atoms. The molecule has 1 aliphatic carbocycles. The normalized spacial score (nSPS) is 12.6. The van der Waals surface area contributed by atoms with E-state index in [0.29, 0.717) is 0 Å². The second-order valence-corrected chi connectivity index (χ2v) is 17.5. The highest BCUT2D eigenvalue weighted by atomic mass is 32.1. The van der Waals surface area contributed by atoms with Crippen molar-refractivity contribution < 1.29 is 0 Å². The van der Waals surface area contributed by atoms with Crippen molar-refractivity contribution in [3.8, 4) is 22.3 Å². The Balaban J connectivity index is 0.000000161. The van der Waals surface area contributed by atoms with Crippen LogP contribution in [-0.2, 0) is 5.41 Å². The molecular weight excluding hydrogens is 781 g/mol. The van der Waals surface area contributed by atoms with E-state index in [2.05, 4.69) is 198 Å². The predicted octanol–water partition coefficient (Wildman–Crippen LogP) is 16.9. The summed E-state index contributed by atoms with van der Waals surface area (Å²) in [4.78, 5) is 4.70. The number of aryl methyl sites for hydroxylation is 3. The molecule has 0 unspecified atom stereocenters. The van der Waals surface area contributed by atoms with Crippen LogP contribution in [0.3, 0.4) is 0 Å². The Morgan fingerprint density at radius 2 is 1.08 bits per heavy atom. The highest BCUT2D eigenvalue weighted by Crippen LogP contribution is 2.51. The average Bonchev–Trinajstić information content (AvgIpc) is 3.81. The van der Waals surface area contributed by atoms with Crippen LogP contribution < -0.4 is 5.73 Å². The Hall–Kier alpha value is -6.39. The minimum absolute atomic E-state index is 0.00886. The van der Waals surface area contributed by atoms with Crippen LogP contribution in [0.25, 0.3) is 74.7 Å². The molecule has 2 nitrogen and oxygen atoms in total. The highest BCUT2D eigenvalue weighted by Gasteiger charge is 2.36. The third-order valence-corrected chi connectivity index (χ3v) is 13.9. The van der Waals surface area contributed by atoms with Gasteiger partial charge >= 0.3 is 0 Å². The fourth-order valence-corrected chi connectivity index (χ4v) is 10.9. The standard InChI is InChI=1S/C31H26.C25H20N2S.2C2H6/c1-19-17-27-24-14-9-10-16-28(24)31(3,4)29(27)18-26(19)30-20(2)21-11-5-6-12-22(21)23-13-7-8-15-25(23)30;1-16-19-7-3-2-6-17(19)10-12-20(16)25(27-15-26)18-11-13-24-22(14-18)21-8-4-5-9-23(21)28-24;2*1-2/h5-18H,1-4H3;2-14H,15,26H2,1H3;2*1-2H3/b;27-25-;;. The summed E-state index contributed by atoms with van der Waals surface area (Å²) in [5.74, 6) is 0. The molecule has 3 heteroatoms. The van der Waals surface area contributed by atoms with Crippen molar-refractivity contribution in [1.29, 1.82) is 0 Å². The second-order valence-electron chi connectivity index (χ2n) is 16.4. The first-order valence-corrected chi connectivity index (χ1v) is 23.4. The summed E-state index contributed by atoms with van der Waals surface area (Å²) in [5, 5.41) is 10.4. The lowest BCUT2D eigenvalue weighted by Crippen LogP contribution is -2.15.